The van der Waals surface area contributed by atoms with Crippen molar-refractivity contribution >= 4 is 11.7 Å². The van der Waals surface area contributed by atoms with Crippen LogP contribution in [-0.4, -0.2) is 16.1 Å². The summed E-state index contributed by atoms with van der Waals surface area (Å²) in [5, 5.41) is 8.71. The number of nitrogens with zero attached hydrogens (tertiary/aromatic N) is 1. The molecule has 0 saturated carbocycles. The Morgan fingerprint density at radius 3 is 2.15 bits per heavy atom. The number of hydrogen-bond acceptors (Lipinski definition) is 3. The topological polar surface area (TPSA) is 76.2 Å². The second kappa shape index (κ2) is 6.08. The molecular formula is C16H10N2O2. The van der Waals surface area contributed by atoms with Crippen molar-refractivity contribution in [3.63, 3.8) is 0 Å². The second-order valence-corrected chi connectivity index (χ2v) is 3.86. The zero-order valence-corrected chi connectivity index (χ0v) is 10.4. The van der Waals surface area contributed by atoms with Crippen molar-refractivity contribution in [3.05, 3.63) is 59.4 Å². The predicted octanol–water partition coefficient (Wildman–Crippen LogP) is 1.77. The van der Waals surface area contributed by atoms with Gasteiger partial charge in [0.05, 0.1) is 0 Å². The van der Waals surface area contributed by atoms with Gasteiger partial charge in [0.15, 0.2) is 0 Å². The lowest BCUT2D eigenvalue weighted by Crippen LogP contribution is -1.99. The van der Waals surface area contributed by atoms with Crippen LogP contribution in [0.3, 0.4) is 0 Å². The van der Waals surface area contributed by atoms with Crippen LogP contribution in [0.15, 0.2) is 42.6 Å². The Balaban J connectivity index is 2.08. The first-order valence-electron chi connectivity index (χ1n) is 5.72. The molecule has 2 aromatic rings. The maximum atomic E-state index is 10.6. The minimum atomic E-state index is -1.06. The van der Waals surface area contributed by atoms with E-state index in [2.05, 4.69) is 28.7 Å². The molecule has 1 aromatic carbocycles. The summed E-state index contributed by atoms with van der Waals surface area (Å²) in [5.41, 5.74) is 7.68. The van der Waals surface area contributed by atoms with Crippen LogP contribution in [0.2, 0.25) is 0 Å². The zero-order valence-electron chi connectivity index (χ0n) is 10.4. The van der Waals surface area contributed by atoms with E-state index in [-0.39, 0.29) is 5.69 Å². The van der Waals surface area contributed by atoms with E-state index < -0.39 is 5.97 Å². The quantitative estimate of drug-likeness (QED) is 0.606. The molecule has 1 heterocycles. The number of aromatic nitrogens is 1. The standard InChI is InChI=1S/C16H10N2O2/c17-14-8-5-12(6-9-14)3-1-2-4-13-7-10-15(16(19)20)18-11-13/h5-11H,17H2,(H,19,20). The average molecular weight is 262 g/mol. The molecule has 0 radical (unpaired) electrons. The van der Waals surface area contributed by atoms with Crippen molar-refractivity contribution in [2.24, 2.45) is 0 Å². The number of anilines is 1. The number of nitrogen functional groups attached to an aromatic ring is 1. The highest BCUT2D eigenvalue weighted by atomic mass is 16.4. The fraction of sp³-hybridized carbons (Fsp3) is 0. The Bertz CT molecular complexity index is 740. The summed E-state index contributed by atoms with van der Waals surface area (Å²) < 4.78 is 0. The minimum Gasteiger partial charge on any atom is -0.477 e. The molecule has 4 nitrogen and oxygen atoms in total. The highest BCUT2D eigenvalue weighted by molar-refractivity contribution is 5.85. The van der Waals surface area contributed by atoms with Crippen LogP contribution >= 0.6 is 0 Å². The molecule has 96 valence electrons. The van der Waals surface area contributed by atoms with Gasteiger partial charge in [0.2, 0.25) is 0 Å². The molecule has 0 aliphatic rings. The molecule has 0 bridgehead atoms. The normalized spacial score (nSPS) is 8.80. The van der Waals surface area contributed by atoms with Crippen LogP contribution in [0.5, 0.6) is 0 Å². The summed E-state index contributed by atoms with van der Waals surface area (Å²) in [6, 6.07) is 10.2. The van der Waals surface area contributed by atoms with Crippen LogP contribution in [0.4, 0.5) is 5.69 Å². The Morgan fingerprint density at radius 2 is 1.60 bits per heavy atom. The molecule has 0 fully saturated rings. The predicted molar refractivity (Wildman–Crippen MR) is 75.8 cm³/mol. The number of carbonyl (C=O) groups is 1. The molecule has 20 heavy (non-hydrogen) atoms. The van der Waals surface area contributed by atoms with Gasteiger partial charge in [0.1, 0.15) is 5.69 Å². The molecule has 0 aliphatic carbocycles. The monoisotopic (exact) mass is 262 g/mol. The molecule has 0 unspecified atom stereocenters. The van der Waals surface area contributed by atoms with Gasteiger partial charge in [-0.2, -0.15) is 0 Å². The van der Waals surface area contributed by atoms with Crippen LogP contribution < -0.4 is 5.73 Å². The lowest BCUT2D eigenvalue weighted by atomic mass is 10.2. The summed E-state index contributed by atoms with van der Waals surface area (Å²) in [6.07, 6.45) is 1.40. The summed E-state index contributed by atoms with van der Waals surface area (Å²) >= 11 is 0. The Kier molecular flexibility index (Phi) is 4.01. The van der Waals surface area contributed by atoms with Crippen LogP contribution in [0.25, 0.3) is 0 Å². The van der Waals surface area contributed by atoms with Crippen molar-refractivity contribution in [2.45, 2.75) is 0 Å². The van der Waals surface area contributed by atoms with Crippen molar-refractivity contribution in [1.82, 2.24) is 4.98 Å². The van der Waals surface area contributed by atoms with Gasteiger partial charge in [-0.1, -0.05) is 11.8 Å². The number of hydrogen-bond donors (Lipinski definition) is 2. The lowest BCUT2D eigenvalue weighted by Gasteiger charge is -1.92. The van der Waals surface area contributed by atoms with Crippen molar-refractivity contribution in [2.75, 3.05) is 5.73 Å². The maximum absolute atomic E-state index is 10.6. The number of aromatic carboxylic acids is 1. The van der Waals surface area contributed by atoms with Gasteiger partial charge in [-0.05, 0) is 48.2 Å². The highest BCUT2D eigenvalue weighted by Crippen LogP contribution is 2.03. The van der Waals surface area contributed by atoms with Gasteiger partial charge in [0, 0.05) is 23.0 Å². The van der Waals surface area contributed by atoms with Crippen LogP contribution in [0.1, 0.15) is 21.6 Å². The van der Waals surface area contributed by atoms with Gasteiger partial charge < -0.3 is 10.8 Å². The van der Waals surface area contributed by atoms with Crippen molar-refractivity contribution in [3.8, 4) is 23.7 Å². The first-order valence-corrected chi connectivity index (χ1v) is 5.72. The molecular weight excluding hydrogens is 252 g/mol. The van der Waals surface area contributed by atoms with E-state index in [0.717, 1.165) is 5.56 Å². The summed E-state index contributed by atoms with van der Waals surface area (Å²) in [5.74, 6) is 10.00. The molecule has 0 amide bonds. The van der Waals surface area contributed by atoms with Gasteiger partial charge in [-0.3, -0.25) is 0 Å². The van der Waals surface area contributed by atoms with E-state index in [1.54, 1.807) is 18.2 Å². The first kappa shape index (κ1) is 13.2. The van der Waals surface area contributed by atoms with E-state index in [0.29, 0.717) is 11.3 Å². The molecule has 1 aromatic heterocycles. The van der Waals surface area contributed by atoms with Crippen molar-refractivity contribution < 1.29 is 9.90 Å². The van der Waals surface area contributed by atoms with Gasteiger partial charge in [0.25, 0.3) is 0 Å². The molecule has 0 aliphatic heterocycles. The van der Waals surface area contributed by atoms with E-state index in [4.69, 9.17) is 10.8 Å². The number of benzene rings is 1. The number of carboxylic acid groups (broad SMARTS) is 1. The molecule has 0 atom stereocenters. The molecule has 2 rings (SSSR count). The summed E-state index contributed by atoms with van der Waals surface area (Å²) in [6.45, 7) is 0. The SMILES string of the molecule is Nc1ccc(C#CC#Cc2ccc(C(=O)O)nc2)cc1. The number of nitrogens with two attached hydrogens (primary N) is 1. The van der Waals surface area contributed by atoms with Crippen LogP contribution in [-0.2, 0) is 0 Å². The van der Waals surface area contributed by atoms with E-state index in [1.165, 1.54) is 12.3 Å². The highest BCUT2D eigenvalue weighted by Gasteiger charge is 2.01. The third kappa shape index (κ3) is 3.63. The Labute approximate surface area is 116 Å². The Morgan fingerprint density at radius 1 is 1.00 bits per heavy atom. The number of carboxylic acids is 1. The molecule has 3 N–H and O–H groups in total. The van der Waals surface area contributed by atoms with E-state index >= 15 is 0 Å². The summed E-state index contributed by atoms with van der Waals surface area (Å²) in [7, 11) is 0. The number of rotatable bonds is 1. The van der Waals surface area contributed by atoms with Gasteiger partial charge >= 0.3 is 5.97 Å². The number of pyridine rings is 1. The third-order valence-electron chi connectivity index (χ3n) is 2.37. The van der Waals surface area contributed by atoms with Crippen molar-refractivity contribution in [1.29, 1.82) is 0 Å². The molecule has 0 spiro atoms. The smallest absolute Gasteiger partial charge is 0.354 e. The fourth-order valence-electron chi connectivity index (χ4n) is 1.37. The maximum Gasteiger partial charge on any atom is 0.354 e. The van der Waals surface area contributed by atoms with E-state index in [1.807, 2.05) is 12.1 Å². The summed E-state index contributed by atoms with van der Waals surface area (Å²) in [4.78, 5) is 14.4. The van der Waals surface area contributed by atoms with E-state index in [9.17, 15) is 4.79 Å². The average Bonchev–Trinajstić information content (AvgIpc) is 2.46. The van der Waals surface area contributed by atoms with Crippen LogP contribution in [0, 0.1) is 23.7 Å². The Hall–Kier alpha value is -3.24. The zero-order chi connectivity index (χ0) is 14.4. The third-order valence-corrected chi connectivity index (χ3v) is 2.37. The lowest BCUT2D eigenvalue weighted by molar-refractivity contribution is 0.0690. The van der Waals surface area contributed by atoms with Gasteiger partial charge in [-0.15, -0.1) is 0 Å². The second-order valence-electron chi connectivity index (χ2n) is 3.86. The minimum absolute atomic E-state index is 0.0106. The molecule has 0 saturated heterocycles. The molecule has 4 heteroatoms. The van der Waals surface area contributed by atoms with Gasteiger partial charge in [-0.25, -0.2) is 9.78 Å². The fourth-order valence-corrected chi connectivity index (χ4v) is 1.37. The largest absolute Gasteiger partial charge is 0.477 e. The first-order chi connectivity index (χ1) is 9.65.